The smallest absolute Gasteiger partial charge is 0.254 e. The first-order chi connectivity index (χ1) is 17.6. The highest BCUT2D eigenvalue weighted by Crippen LogP contribution is 2.29. The summed E-state index contributed by atoms with van der Waals surface area (Å²) in [6.07, 6.45) is 3.90. The maximum atomic E-state index is 13.5. The van der Waals surface area contributed by atoms with E-state index in [0.29, 0.717) is 37.3 Å². The molecule has 6 heteroatoms. The van der Waals surface area contributed by atoms with Crippen LogP contribution in [0.1, 0.15) is 48.4 Å². The molecular weight excluding hydrogens is 448 g/mol. The molecule has 1 aromatic heterocycles. The van der Waals surface area contributed by atoms with E-state index in [4.69, 9.17) is 4.98 Å². The number of rotatable bonds is 8. The molecule has 36 heavy (non-hydrogen) atoms. The summed E-state index contributed by atoms with van der Waals surface area (Å²) >= 11 is 0. The number of imidazole rings is 1. The summed E-state index contributed by atoms with van der Waals surface area (Å²) in [4.78, 5) is 37.8. The molecule has 2 heterocycles. The zero-order valence-corrected chi connectivity index (χ0v) is 20.7. The summed E-state index contributed by atoms with van der Waals surface area (Å²) in [6, 6.07) is 23.9. The number of fused-ring (bicyclic) bond motifs is 1. The van der Waals surface area contributed by atoms with Gasteiger partial charge >= 0.3 is 0 Å². The molecule has 4 aromatic rings. The van der Waals surface area contributed by atoms with Gasteiger partial charge in [0.05, 0.1) is 11.9 Å². The van der Waals surface area contributed by atoms with Gasteiger partial charge in [-0.2, -0.15) is 0 Å². The molecule has 0 bridgehead atoms. The molecule has 1 N–H and O–H groups in total. The molecule has 1 atom stereocenters. The Morgan fingerprint density at radius 1 is 0.972 bits per heavy atom. The second kappa shape index (κ2) is 10.9. The van der Waals surface area contributed by atoms with E-state index in [2.05, 4.69) is 40.2 Å². The minimum atomic E-state index is -0.192. The van der Waals surface area contributed by atoms with Gasteiger partial charge in [0, 0.05) is 43.6 Å². The van der Waals surface area contributed by atoms with Gasteiger partial charge in [-0.1, -0.05) is 61.5 Å². The lowest BCUT2D eigenvalue weighted by Crippen LogP contribution is -2.51. The monoisotopic (exact) mass is 480 g/mol. The third-order valence-electron chi connectivity index (χ3n) is 7.04. The van der Waals surface area contributed by atoms with Crippen LogP contribution in [0.4, 0.5) is 0 Å². The number of benzene rings is 3. The Morgan fingerprint density at radius 2 is 1.75 bits per heavy atom. The number of piperazine rings is 1. The quantitative estimate of drug-likeness (QED) is 0.362. The molecule has 5 rings (SSSR count). The molecule has 1 saturated heterocycles. The normalized spacial score (nSPS) is 16.4. The fraction of sp³-hybridized carbons (Fsp3) is 0.300. The van der Waals surface area contributed by atoms with E-state index in [0.717, 1.165) is 36.6 Å². The predicted octanol–water partition coefficient (Wildman–Crippen LogP) is 5.49. The fourth-order valence-electron chi connectivity index (χ4n) is 4.95. The number of carbonyl (C=O) groups is 2. The van der Waals surface area contributed by atoms with Crippen molar-refractivity contribution < 1.29 is 9.59 Å². The van der Waals surface area contributed by atoms with Crippen molar-refractivity contribution in [2.45, 2.75) is 32.2 Å². The number of ketones is 1. The van der Waals surface area contributed by atoms with Crippen molar-refractivity contribution in [3.05, 3.63) is 90.4 Å². The van der Waals surface area contributed by atoms with E-state index < -0.39 is 0 Å². The summed E-state index contributed by atoms with van der Waals surface area (Å²) in [5.41, 5.74) is 2.69. The summed E-state index contributed by atoms with van der Waals surface area (Å²) in [7, 11) is 0. The second-order valence-corrected chi connectivity index (χ2v) is 9.42. The largest absolute Gasteiger partial charge is 0.340 e. The molecule has 0 saturated carbocycles. The van der Waals surface area contributed by atoms with Crippen LogP contribution in [0.5, 0.6) is 0 Å². The Morgan fingerprint density at radius 3 is 2.56 bits per heavy atom. The van der Waals surface area contributed by atoms with Crippen LogP contribution in [-0.2, 0) is 4.79 Å². The van der Waals surface area contributed by atoms with E-state index in [-0.39, 0.29) is 11.9 Å². The highest BCUT2D eigenvalue weighted by molar-refractivity contribution is 5.94. The minimum absolute atomic E-state index is 0.0186. The SMILES string of the molecule is CCC(=O)CCCN1CCN(C(=O)c2ccccc2)C(c2ncc(-c3ccc4ccccc4c3)[nH]2)C1. The van der Waals surface area contributed by atoms with Gasteiger partial charge < -0.3 is 9.88 Å². The van der Waals surface area contributed by atoms with Crippen molar-refractivity contribution >= 4 is 22.5 Å². The van der Waals surface area contributed by atoms with Crippen LogP contribution in [0.25, 0.3) is 22.0 Å². The molecule has 1 unspecified atom stereocenters. The van der Waals surface area contributed by atoms with Crippen LogP contribution in [0.15, 0.2) is 79.0 Å². The average molecular weight is 481 g/mol. The van der Waals surface area contributed by atoms with E-state index in [1.165, 1.54) is 10.8 Å². The van der Waals surface area contributed by atoms with Crippen molar-refractivity contribution in [3.63, 3.8) is 0 Å². The average Bonchev–Trinajstić information content (AvgIpc) is 3.43. The highest BCUT2D eigenvalue weighted by atomic mass is 16.2. The third-order valence-corrected chi connectivity index (χ3v) is 7.04. The molecule has 184 valence electrons. The van der Waals surface area contributed by atoms with Crippen molar-refractivity contribution in [3.8, 4) is 11.3 Å². The highest BCUT2D eigenvalue weighted by Gasteiger charge is 2.33. The van der Waals surface area contributed by atoms with Crippen LogP contribution in [0, 0.1) is 0 Å². The van der Waals surface area contributed by atoms with E-state index in [9.17, 15) is 9.59 Å². The zero-order chi connectivity index (χ0) is 24.9. The summed E-state index contributed by atoms with van der Waals surface area (Å²) in [5.74, 6) is 1.11. The third kappa shape index (κ3) is 5.24. The number of nitrogens with one attached hydrogen (secondary N) is 1. The van der Waals surface area contributed by atoms with Crippen LogP contribution in [-0.4, -0.2) is 57.6 Å². The number of hydrogen-bond acceptors (Lipinski definition) is 4. The van der Waals surface area contributed by atoms with Gasteiger partial charge in [-0.3, -0.25) is 14.5 Å². The molecule has 0 radical (unpaired) electrons. The number of Topliss-reactive ketones (excluding diaryl/α,β-unsaturated/α-hetero) is 1. The number of hydrogen-bond donors (Lipinski definition) is 1. The predicted molar refractivity (Wildman–Crippen MR) is 143 cm³/mol. The van der Waals surface area contributed by atoms with E-state index in [1.807, 2.05) is 60.5 Å². The van der Waals surface area contributed by atoms with Crippen LogP contribution in [0.2, 0.25) is 0 Å². The maximum absolute atomic E-state index is 13.5. The van der Waals surface area contributed by atoms with Gasteiger partial charge in [0.15, 0.2) is 0 Å². The molecule has 1 amide bonds. The standard InChI is InChI=1S/C30H32N4O2/c1-2-26(35)13-8-16-33-17-18-34(30(36)23-10-4-3-5-11-23)28(21-33)29-31-20-27(32-29)25-15-14-22-9-6-7-12-24(22)19-25/h3-7,9-12,14-15,19-20,28H,2,8,13,16-18,21H2,1H3,(H,31,32). The first kappa shape index (κ1) is 23.9. The van der Waals surface area contributed by atoms with Crippen molar-refractivity contribution in [1.82, 2.24) is 19.8 Å². The van der Waals surface area contributed by atoms with Crippen LogP contribution in [0.3, 0.4) is 0 Å². The second-order valence-electron chi connectivity index (χ2n) is 9.42. The van der Waals surface area contributed by atoms with Gasteiger partial charge in [0.25, 0.3) is 5.91 Å². The van der Waals surface area contributed by atoms with Gasteiger partial charge in [-0.05, 0) is 41.9 Å². The number of aromatic amines is 1. The molecule has 1 fully saturated rings. The van der Waals surface area contributed by atoms with Gasteiger partial charge in [-0.15, -0.1) is 0 Å². The summed E-state index contributed by atoms with van der Waals surface area (Å²) in [6.45, 7) is 4.84. The Kier molecular flexibility index (Phi) is 7.23. The Bertz CT molecular complexity index is 1350. The number of carbonyl (C=O) groups excluding carboxylic acids is 2. The van der Waals surface area contributed by atoms with E-state index >= 15 is 0 Å². The molecular formula is C30H32N4O2. The molecule has 0 spiro atoms. The first-order valence-electron chi connectivity index (χ1n) is 12.8. The van der Waals surface area contributed by atoms with Crippen LogP contribution >= 0.6 is 0 Å². The Hall–Kier alpha value is -3.77. The number of amides is 1. The molecule has 1 aliphatic rings. The number of nitrogens with zero attached hydrogens (tertiary/aromatic N) is 3. The Balaban J connectivity index is 1.40. The van der Waals surface area contributed by atoms with Gasteiger partial charge in [0.1, 0.15) is 17.6 Å². The summed E-state index contributed by atoms with van der Waals surface area (Å²) in [5, 5.41) is 2.38. The fourth-order valence-corrected chi connectivity index (χ4v) is 4.95. The zero-order valence-electron chi connectivity index (χ0n) is 20.7. The molecule has 3 aromatic carbocycles. The van der Waals surface area contributed by atoms with E-state index in [1.54, 1.807) is 0 Å². The lowest BCUT2D eigenvalue weighted by Gasteiger charge is -2.40. The molecule has 6 nitrogen and oxygen atoms in total. The Labute approximate surface area is 212 Å². The first-order valence-corrected chi connectivity index (χ1v) is 12.8. The van der Waals surface area contributed by atoms with Crippen LogP contribution < -0.4 is 0 Å². The number of H-pyrrole nitrogens is 1. The number of aromatic nitrogens is 2. The minimum Gasteiger partial charge on any atom is -0.340 e. The van der Waals surface area contributed by atoms with Gasteiger partial charge in [0.2, 0.25) is 0 Å². The van der Waals surface area contributed by atoms with Gasteiger partial charge in [-0.25, -0.2) is 4.98 Å². The molecule has 1 aliphatic heterocycles. The maximum Gasteiger partial charge on any atom is 0.254 e. The molecule has 0 aliphatic carbocycles. The lowest BCUT2D eigenvalue weighted by atomic mass is 10.1. The van der Waals surface area contributed by atoms with Crippen molar-refractivity contribution in [2.24, 2.45) is 0 Å². The van der Waals surface area contributed by atoms with Crippen molar-refractivity contribution in [1.29, 1.82) is 0 Å². The lowest BCUT2D eigenvalue weighted by molar-refractivity contribution is -0.118. The summed E-state index contributed by atoms with van der Waals surface area (Å²) < 4.78 is 0. The topological polar surface area (TPSA) is 69.3 Å². The van der Waals surface area contributed by atoms with Crippen molar-refractivity contribution in [2.75, 3.05) is 26.2 Å².